The van der Waals surface area contributed by atoms with Crippen molar-refractivity contribution in [1.82, 2.24) is 19.9 Å². The van der Waals surface area contributed by atoms with Gasteiger partial charge in [0.05, 0.1) is 25.2 Å². The van der Waals surface area contributed by atoms with Gasteiger partial charge in [-0.15, -0.1) is 20.2 Å². The van der Waals surface area contributed by atoms with E-state index in [1.165, 1.54) is 31.6 Å². The van der Waals surface area contributed by atoms with E-state index in [1.54, 1.807) is 42.5 Å². The molecule has 0 atom stereocenters. The maximum Gasteiger partial charge on any atom is 0.305 e. The molecule has 0 bridgehead atoms. The number of nitrogens with zero attached hydrogens (tertiary/aromatic N) is 6. The summed E-state index contributed by atoms with van der Waals surface area (Å²) in [5.74, 6) is -1.75. The fourth-order valence-corrected chi connectivity index (χ4v) is 6.10. The molecule has 0 aliphatic rings. The number of ether oxygens (including phenoxy) is 5. The summed E-state index contributed by atoms with van der Waals surface area (Å²) in [4.78, 5) is 70.7. The average Bonchev–Trinajstić information content (AvgIpc) is 3.22. The average molecular weight is 858 g/mol. The standard InChI is InChI=1S/C37H43N7O15S/c1-37(2,25-56-31(46)14-7-9-22-58-44(49)50)26-15-17-27(18-16-26)60(51,52)42-33-32(59-29-12-5-4-11-28(29)53-3)36(41-35(40-33)34-38-19-10-20-39-34)55-24-23-54-30(45)13-6-8-21-57-43(47)48/h4-5,10-12,15-20H,6-9,13-14,21-25H2,1-3H3,(H,40,41,42). The minimum absolute atomic E-state index is 0.00950. The molecule has 0 radical (unpaired) electrons. The van der Waals surface area contributed by atoms with Crippen LogP contribution in [-0.2, 0) is 44.2 Å². The summed E-state index contributed by atoms with van der Waals surface area (Å²) in [6, 6.07) is 13.9. The highest BCUT2D eigenvalue weighted by molar-refractivity contribution is 7.92. The van der Waals surface area contributed by atoms with E-state index in [0.717, 1.165) is 0 Å². The lowest BCUT2D eigenvalue weighted by atomic mass is 9.86. The lowest BCUT2D eigenvalue weighted by Crippen LogP contribution is -2.26. The maximum atomic E-state index is 14.0. The van der Waals surface area contributed by atoms with Gasteiger partial charge in [-0.3, -0.25) is 14.3 Å². The molecule has 0 aliphatic heterocycles. The normalized spacial score (nSPS) is 11.2. The Labute approximate surface area is 343 Å². The van der Waals surface area contributed by atoms with Gasteiger partial charge in [-0.1, -0.05) is 38.1 Å². The third-order valence-electron chi connectivity index (χ3n) is 8.18. The number of hydrogen-bond donors (Lipinski definition) is 1. The van der Waals surface area contributed by atoms with Crippen molar-refractivity contribution in [2.24, 2.45) is 0 Å². The van der Waals surface area contributed by atoms with Crippen molar-refractivity contribution in [3.05, 3.63) is 92.8 Å². The number of hydrogen-bond acceptors (Lipinski definition) is 19. The lowest BCUT2D eigenvalue weighted by Gasteiger charge is -2.25. The highest BCUT2D eigenvalue weighted by atomic mass is 32.2. The third-order valence-corrected chi connectivity index (χ3v) is 9.54. The lowest BCUT2D eigenvalue weighted by molar-refractivity contribution is -0.757. The molecule has 60 heavy (non-hydrogen) atoms. The zero-order chi connectivity index (χ0) is 43.5. The summed E-state index contributed by atoms with van der Waals surface area (Å²) in [5, 5.41) is 18.8. The molecule has 322 valence electrons. The number of aromatic nitrogens is 4. The van der Waals surface area contributed by atoms with E-state index in [-0.39, 0.29) is 104 Å². The van der Waals surface area contributed by atoms with Gasteiger partial charge in [0, 0.05) is 30.7 Å². The molecule has 2 heterocycles. The number of unbranched alkanes of at least 4 members (excludes halogenated alkanes) is 2. The van der Waals surface area contributed by atoms with Crippen LogP contribution in [0.15, 0.2) is 71.9 Å². The van der Waals surface area contributed by atoms with E-state index in [1.807, 2.05) is 13.8 Å². The molecule has 2 aromatic heterocycles. The van der Waals surface area contributed by atoms with E-state index in [2.05, 4.69) is 34.3 Å². The van der Waals surface area contributed by atoms with Crippen molar-refractivity contribution < 1.29 is 61.5 Å². The molecule has 4 rings (SSSR count). The van der Waals surface area contributed by atoms with Crippen LogP contribution >= 0.6 is 0 Å². The molecule has 0 fully saturated rings. The molecule has 2 aromatic carbocycles. The summed E-state index contributed by atoms with van der Waals surface area (Å²) >= 11 is 0. The number of esters is 2. The molecule has 4 aromatic rings. The van der Waals surface area contributed by atoms with Crippen molar-refractivity contribution in [3.8, 4) is 34.8 Å². The zero-order valence-electron chi connectivity index (χ0n) is 32.8. The van der Waals surface area contributed by atoms with Crippen LogP contribution in [0.25, 0.3) is 11.6 Å². The first-order valence-electron chi connectivity index (χ1n) is 18.3. The van der Waals surface area contributed by atoms with Crippen LogP contribution in [0.1, 0.15) is 57.9 Å². The van der Waals surface area contributed by atoms with Crippen LogP contribution in [0.3, 0.4) is 0 Å². The first-order valence-corrected chi connectivity index (χ1v) is 19.8. The highest BCUT2D eigenvalue weighted by Crippen LogP contribution is 2.41. The van der Waals surface area contributed by atoms with E-state index in [4.69, 9.17) is 23.7 Å². The first kappa shape index (κ1) is 45.8. The number of nitrogens with one attached hydrogen (secondary N) is 1. The van der Waals surface area contributed by atoms with E-state index in [9.17, 15) is 38.2 Å². The van der Waals surface area contributed by atoms with Gasteiger partial charge in [-0.2, -0.15) is 4.98 Å². The molecule has 0 amide bonds. The van der Waals surface area contributed by atoms with Gasteiger partial charge in [0.2, 0.25) is 11.6 Å². The Hall–Kier alpha value is -6.91. The summed E-state index contributed by atoms with van der Waals surface area (Å²) < 4.78 is 58.7. The summed E-state index contributed by atoms with van der Waals surface area (Å²) in [6.07, 6.45) is 4.05. The number of para-hydroxylation sites is 2. The van der Waals surface area contributed by atoms with Crippen molar-refractivity contribution >= 4 is 27.8 Å². The topological polar surface area (TPSA) is 283 Å². The minimum Gasteiger partial charge on any atom is -0.493 e. The maximum absolute atomic E-state index is 14.0. The second kappa shape index (κ2) is 22.3. The Morgan fingerprint density at radius 1 is 0.750 bits per heavy atom. The molecular weight excluding hydrogens is 815 g/mol. The van der Waals surface area contributed by atoms with Crippen LogP contribution in [0.2, 0.25) is 0 Å². The third kappa shape index (κ3) is 14.5. The van der Waals surface area contributed by atoms with Crippen LogP contribution in [-0.4, -0.2) is 90.6 Å². The second-order valence-corrected chi connectivity index (χ2v) is 14.8. The first-order chi connectivity index (χ1) is 28.7. The number of sulfonamides is 1. The molecule has 0 unspecified atom stereocenters. The molecule has 0 spiro atoms. The number of carbonyl (C=O) groups excluding carboxylic acids is 2. The summed E-state index contributed by atoms with van der Waals surface area (Å²) in [7, 11) is -3.01. The van der Waals surface area contributed by atoms with Gasteiger partial charge in [0.25, 0.3) is 26.1 Å². The van der Waals surface area contributed by atoms with E-state index < -0.39 is 37.6 Å². The van der Waals surface area contributed by atoms with Gasteiger partial charge < -0.3 is 33.4 Å². The number of benzene rings is 2. The number of anilines is 1. The van der Waals surface area contributed by atoms with Gasteiger partial charge in [0.15, 0.2) is 23.1 Å². The predicted octanol–water partition coefficient (Wildman–Crippen LogP) is 5.04. The zero-order valence-corrected chi connectivity index (χ0v) is 33.7. The molecule has 0 aliphatic carbocycles. The van der Waals surface area contributed by atoms with Crippen LogP contribution in [0.5, 0.6) is 23.1 Å². The van der Waals surface area contributed by atoms with Crippen LogP contribution in [0.4, 0.5) is 5.82 Å². The fourth-order valence-electron chi connectivity index (χ4n) is 5.09. The molecule has 1 N–H and O–H groups in total. The van der Waals surface area contributed by atoms with Gasteiger partial charge >= 0.3 is 11.9 Å². The van der Waals surface area contributed by atoms with Crippen molar-refractivity contribution in [2.45, 2.75) is 62.7 Å². The van der Waals surface area contributed by atoms with Gasteiger partial charge in [-0.05, 0) is 61.6 Å². The SMILES string of the molecule is COc1ccccc1Oc1c(NS(=O)(=O)c2ccc(C(C)(C)COC(=O)CCCCO[N+](=O)[O-])cc2)nc(-c2ncccn2)nc1OCCOC(=O)CCCCO[N+](=O)[O-]. The minimum atomic E-state index is -4.42. The molecule has 23 heteroatoms. The number of carbonyl (C=O) groups is 2. The van der Waals surface area contributed by atoms with Gasteiger partial charge in [0.1, 0.15) is 19.8 Å². The van der Waals surface area contributed by atoms with Crippen LogP contribution in [0, 0.1) is 20.2 Å². The Kier molecular flexibility index (Phi) is 17.0. The summed E-state index contributed by atoms with van der Waals surface area (Å²) in [5.41, 5.74) is -0.0820. The smallest absolute Gasteiger partial charge is 0.305 e. The van der Waals surface area contributed by atoms with E-state index in [0.29, 0.717) is 18.4 Å². The van der Waals surface area contributed by atoms with E-state index >= 15 is 0 Å². The largest absolute Gasteiger partial charge is 0.493 e. The second-order valence-electron chi connectivity index (χ2n) is 13.1. The van der Waals surface area contributed by atoms with Crippen molar-refractivity contribution in [3.63, 3.8) is 0 Å². The predicted molar refractivity (Wildman–Crippen MR) is 207 cm³/mol. The highest BCUT2D eigenvalue weighted by Gasteiger charge is 2.28. The molecule has 0 saturated carbocycles. The van der Waals surface area contributed by atoms with Gasteiger partial charge in [-0.25, -0.2) is 23.4 Å². The fraction of sp³-hybridized carbons (Fsp3) is 0.405. The molecule has 22 nitrogen and oxygen atoms in total. The Morgan fingerprint density at radius 2 is 1.35 bits per heavy atom. The van der Waals surface area contributed by atoms with Crippen molar-refractivity contribution in [1.29, 1.82) is 0 Å². The quantitative estimate of drug-likeness (QED) is 0.0375. The summed E-state index contributed by atoms with van der Waals surface area (Å²) in [6.45, 7) is 2.76. The Morgan fingerprint density at radius 3 is 1.95 bits per heavy atom. The van der Waals surface area contributed by atoms with Crippen LogP contribution < -0.4 is 18.9 Å². The Bertz CT molecular complexity index is 2180. The Balaban J connectivity index is 1.57. The molecular formula is C37H43N7O15S. The van der Waals surface area contributed by atoms with Crippen molar-refractivity contribution in [2.75, 3.05) is 44.9 Å². The number of methoxy groups -OCH3 is 1. The monoisotopic (exact) mass is 857 g/mol. The number of rotatable bonds is 26. The molecule has 0 saturated heterocycles.